The van der Waals surface area contributed by atoms with Crippen LogP contribution in [0.1, 0.15) is 25.0 Å². The number of aromatic amines is 1. The number of para-hydroxylation sites is 2. The topological polar surface area (TPSA) is 46.5 Å². The van der Waals surface area contributed by atoms with Gasteiger partial charge in [-0.2, -0.15) is 0 Å². The van der Waals surface area contributed by atoms with E-state index in [2.05, 4.69) is 163 Å². The fourth-order valence-corrected chi connectivity index (χ4v) is 8.79. The molecule has 230 valence electrons. The normalized spacial score (nSPS) is 13.7. The molecular weight excluding hydrogens is 597 g/mol. The standard InChI is InChI=1S/C45H30N4/c1-45(2)32-21-11-8-18-29(32)39-33(45)24-25-35-40(39)41(26-14-4-3-5-15-26)48-44(47-35)49-36-23-13-10-20-31(36)38-28-17-7-6-16-27(28)37-30-19-9-12-22-34(30)46-42(37)43(38)49/h3-25,46H,1-2H3. The van der Waals surface area contributed by atoms with E-state index in [9.17, 15) is 0 Å². The Hall–Kier alpha value is -6.26. The largest absolute Gasteiger partial charge is 0.353 e. The Morgan fingerprint density at radius 3 is 2.06 bits per heavy atom. The molecule has 0 fully saturated rings. The number of nitrogens with zero attached hydrogens (tertiary/aromatic N) is 3. The van der Waals surface area contributed by atoms with E-state index < -0.39 is 0 Å². The summed E-state index contributed by atoms with van der Waals surface area (Å²) in [6.45, 7) is 4.66. The molecule has 0 atom stereocenters. The maximum Gasteiger partial charge on any atom is 0.235 e. The van der Waals surface area contributed by atoms with Gasteiger partial charge in [0.05, 0.1) is 27.8 Å². The third kappa shape index (κ3) is 3.42. The van der Waals surface area contributed by atoms with Gasteiger partial charge in [-0.25, -0.2) is 9.97 Å². The van der Waals surface area contributed by atoms with Gasteiger partial charge in [0.2, 0.25) is 5.95 Å². The van der Waals surface area contributed by atoms with Crippen LogP contribution < -0.4 is 0 Å². The van der Waals surface area contributed by atoms with E-state index in [4.69, 9.17) is 9.97 Å². The lowest BCUT2D eigenvalue weighted by molar-refractivity contribution is 0.661. The molecule has 0 amide bonds. The van der Waals surface area contributed by atoms with E-state index in [0.717, 1.165) is 44.2 Å². The van der Waals surface area contributed by atoms with Gasteiger partial charge in [0.25, 0.3) is 0 Å². The highest BCUT2D eigenvalue weighted by Gasteiger charge is 2.37. The molecule has 1 N–H and O–H groups in total. The van der Waals surface area contributed by atoms with Crippen LogP contribution in [0.3, 0.4) is 0 Å². The molecule has 0 saturated carbocycles. The average molecular weight is 627 g/mol. The minimum absolute atomic E-state index is 0.123. The molecule has 1 aliphatic carbocycles. The van der Waals surface area contributed by atoms with Crippen molar-refractivity contribution < 1.29 is 0 Å². The van der Waals surface area contributed by atoms with Crippen LogP contribution in [0.25, 0.3) is 93.6 Å². The molecule has 11 rings (SSSR count). The fraction of sp³-hybridized carbons (Fsp3) is 0.0667. The van der Waals surface area contributed by atoms with Gasteiger partial charge in [-0.05, 0) is 51.2 Å². The predicted molar refractivity (Wildman–Crippen MR) is 204 cm³/mol. The van der Waals surface area contributed by atoms with Crippen molar-refractivity contribution in [2.75, 3.05) is 0 Å². The molecular formula is C45H30N4. The van der Waals surface area contributed by atoms with Crippen molar-refractivity contribution >= 4 is 65.3 Å². The Bertz CT molecular complexity index is 3020. The Kier molecular flexibility index (Phi) is 5.15. The van der Waals surface area contributed by atoms with E-state index in [-0.39, 0.29) is 5.41 Å². The monoisotopic (exact) mass is 626 g/mol. The van der Waals surface area contributed by atoms with Crippen LogP contribution in [0.5, 0.6) is 0 Å². The number of fused-ring (bicyclic) bond motifs is 15. The summed E-state index contributed by atoms with van der Waals surface area (Å²) in [4.78, 5) is 14.9. The summed E-state index contributed by atoms with van der Waals surface area (Å²) >= 11 is 0. The molecule has 0 radical (unpaired) electrons. The molecule has 3 aromatic heterocycles. The zero-order chi connectivity index (χ0) is 32.4. The molecule has 3 heterocycles. The molecule has 0 unspecified atom stereocenters. The van der Waals surface area contributed by atoms with Crippen molar-refractivity contribution in [2.24, 2.45) is 0 Å². The lowest BCUT2D eigenvalue weighted by Crippen LogP contribution is -2.14. The van der Waals surface area contributed by atoms with Crippen molar-refractivity contribution in [3.8, 4) is 28.3 Å². The molecule has 0 aliphatic heterocycles. The lowest BCUT2D eigenvalue weighted by atomic mass is 9.82. The fourth-order valence-electron chi connectivity index (χ4n) is 8.79. The van der Waals surface area contributed by atoms with Crippen molar-refractivity contribution in [1.82, 2.24) is 19.5 Å². The maximum absolute atomic E-state index is 5.59. The van der Waals surface area contributed by atoms with Crippen LogP contribution in [0.2, 0.25) is 0 Å². The molecule has 0 saturated heterocycles. The number of nitrogens with one attached hydrogen (secondary N) is 1. The second kappa shape index (κ2) is 9.42. The Balaban J connectivity index is 1.35. The zero-order valence-corrected chi connectivity index (χ0v) is 27.1. The highest BCUT2D eigenvalue weighted by molar-refractivity contribution is 6.35. The first-order valence-electron chi connectivity index (χ1n) is 16.9. The van der Waals surface area contributed by atoms with Crippen LogP contribution >= 0.6 is 0 Å². The number of rotatable bonds is 2. The number of aromatic nitrogens is 4. The van der Waals surface area contributed by atoms with E-state index in [1.807, 2.05) is 0 Å². The third-order valence-electron chi connectivity index (χ3n) is 10.9. The number of H-pyrrole nitrogens is 1. The van der Waals surface area contributed by atoms with Gasteiger partial charge in [-0.15, -0.1) is 0 Å². The van der Waals surface area contributed by atoms with E-state index in [0.29, 0.717) is 5.95 Å². The summed E-state index contributed by atoms with van der Waals surface area (Å²) < 4.78 is 2.30. The second-order valence-corrected chi connectivity index (χ2v) is 13.8. The molecule has 4 nitrogen and oxygen atoms in total. The number of hydrogen-bond acceptors (Lipinski definition) is 2. The first kappa shape index (κ1) is 26.8. The third-order valence-corrected chi connectivity index (χ3v) is 10.9. The molecule has 49 heavy (non-hydrogen) atoms. The maximum atomic E-state index is 5.59. The molecule has 7 aromatic carbocycles. The van der Waals surface area contributed by atoms with Crippen molar-refractivity contribution in [2.45, 2.75) is 19.3 Å². The van der Waals surface area contributed by atoms with Gasteiger partial charge in [-0.1, -0.05) is 135 Å². The minimum atomic E-state index is -0.123. The van der Waals surface area contributed by atoms with Gasteiger partial charge < -0.3 is 4.98 Å². The lowest BCUT2D eigenvalue weighted by Gasteiger charge is -2.21. The first-order chi connectivity index (χ1) is 24.1. The van der Waals surface area contributed by atoms with Crippen LogP contribution in [0, 0.1) is 0 Å². The Labute approximate surface area is 282 Å². The summed E-state index contributed by atoms with van der Waals surface area (Å²) in [5.74, 6) is 0.665. The van der Waals surface area contributed by atoms with Gasteiger partial charge >= 0.3 is 0 Å². The molecule has 10 aromatic rings. The van der Waals surface area contributed by atoms with Gasteiger partial charge in [0, 0.05) is 43.4 Å². The molecule has 1 aliphatic rings. The average Bonchev–Trinajstić information content (AvgIpc) is 3.78. The second-order valence-electron chi connectivity index (χ2n) is 13.8. The summed E-state index contributed by atoms with van der Waals surface area (Å²) in [5.41, 5.74) is 12.4. The van der Waals surface area contributed by atoms with E-state index >= 15 is 0 Å². The summed E-state index contributed by atoms with van der Waals surface area (Å²) in [6, 6.07) is 50.1. The Morgan fingerprint density at radius 2 is 1.22 bits per heavy atom. The van der Waals surface area contributed by atoms with Crippen molar-refractivity contribution in [1.29, 1.82) is 0 Å². The SMILES string of the molecule is CC1(C)c2ccccc2-c2c1ccc1nc(-n3c4ccccc4c4c5ccccc5c5c6ccccc6[nH]c5c43)nc(-c3ccccc3)c21. The minimum Gasteiger partial charge on any atom is -0.353 e. The van der Waals surface area contributed by atoms with Gasteiger partial charge in [-0.3, -0.25) is 4.57 Å². The van der Waals surface area contributed by atoms with Crippen LogP contribution in [-0.2, 0) is 5.41 Å². The number of hydrogen-bond donors (Lipinski definition) is 1. The van der Waals surface area contributed by atoms with Crippen LogP contribution in [-0.4, -0.2) is 19.5 Å². The summed E-state index contributed by atoms with van der Waals surface area (Å²) in [6.07, 6.45) is 0. The van der Waals surface area contributed by atoms with E-state index in [1.54, 1.807) is 0 Å². The van der Waals surface area contributed by atoms with Gasteiger partial charge in [0.15, 0.2) is 0 Å². The predicted octanol–water partition coefficient (Wildman–Crippen LogP) is 11.5. The first-order valence-corrected chi connectivity index (χ1v) is 16.9. The van der Waals surface area contributed by atoms with Crippen LogP contribution in [0.4, 0.5) is 0 Å². The number of benzene rings is 7. The van der Waals surface area contributed by atoms with Crippen molar-refractivity contribution in [3.63, 3.8) is 0 Å². The highest BCUT2D eigenvalue weighted by atomic mass is 15.2. The quantitative estimate of drug-likeness (QED) is 0.207. The molecule has 4 heteroatoms. The van der Waals surface area contributed by atoms with Crippen molar-refractivity contribution in [3.05, 3.63) is 151 Å². The smallest absolute Gasteiger partial charge is 0.235 e. The van der Waals surface area contributed by atoms with Gasteiger partial charge in [0.1, 0.15) is 0 Å². The molecule has 0 spiro atoms. The van der Waals surface area contributed by atoms with Crippen LogP contribution in [0.15, 0.2) is 140 Å². The summed E-state index contributed by atoms with van der Waals surface area (Å²) in [5, 5.41) is 8.41. The van der Waals surface area contributed by atoms with E-state index in [1.165, 1.54) is 54.6 Å². The molecule has 0 bridgehead atoms. The Morgan fingerprint density at radius 1 is 0.551 bits per heavy atom. The zero-order valence-electron chi connectivity index (χ0n) is 27.1. The summed E-state index contributed by atoms with van der Waals surface area (Å²) in [7, 11) is 0. The highest BCUT2D eigenvalue weighted by Crippen LogP contribution is 2.52.